The summed E-state index contributed by atoms with van der Waals surface area (Å²) in [5.74, 6) is 0. The quantitative estimate of drug-likeness (QED) is 0.414. The van der Waals surface area contributed by atoms with E-state index in [4.69, 9.17) is 0 Å². The van der Waals surface area contributed by atoms with Gasteiger partial charge >= 0.3 is 0 Å². The number of hydrogen-bond acceptors (Lipinski definition) is 0. The van der Waals surface area contributed by atoms with Crippen LogP contribution >= 0.6 is 0 Å². The molecule has 0 aliphatic carbocycles. The molecule has 7 heavy (non-hydrogen) atoms. The normalized spacial score (nSPS) is 0. The van der Waals surface area contributed by atoms with Gasteiger partial charge < -0.3 is 0 Å². The Balaban J connectivity index is 0. The van der Waals surface area contributed by atoms with Gasteiger partial charge in [-0.15, -0.1) is 0 Å². The van der Waals surface area contributed by atoms with E-state index >= 15 is 0 Å². The molecule has 0 aliphatic rings. The Kier molecular flexibility index (Phi) is 254. The summed E-state index contributed by atoms with van der Waals surface area (Å²) in [6.45, 7) is 0. The maximum Gasteiger partial charge on any atom is 0 e. The molecule has 0 aromatic carbocycles. The Morgan fingerprint density at radius 3 is 0.286 bits per heavy atom. The average Bonchev–Trinajstić information content (AvgIpc) is 0. The third-order valence-corrected chi connectivity index (χ3v) is 0. The molecule has 0 spiro atoms. The Labute approximate surface area is 233 Å². The topological polar surface area (TPSA) is 0 Å². The monoisotopic (exact) mass is 472 g/mol. The zero-order valence-electron chi connectivity index (χ0n) is 3.54. The molecule has 0 amide bonds. The van der Waals surface area contributed by atoms with Crippen molar-refractivity contribution < 1.29 is 0 Å². The van der Waals surface area contributed by atoms with Gasteiger partial charge in [-0.3, -0.25) is 0 Å². The summed E-state index contributed by atoms with van der Waals surface area (Å²) in [7, 11) is 0. The summed E-state index contributed by atoms with van der Waals surface area (Å²) in [5, 5.41) is 0. The first-order valence-electron chi connectivity index (χ1n) is 0. The summed E-state index contributed by atoms with van der Waals surface area (Å²) in [5.41, 5.74) is 0. The van der Waals surface area contributed by atoms with E-state index in [9.17, 15) is 0 Å². The first kappa shape index (κ1) is 47.2. The van der Waals surface area contributed by atoms with Crippen LogP contribution in [-0.2, 0) is 0 Å². The average molecular weight is 470 g/mol. The van der Waals surface area contributed by atoms with Crippen LogP contribution in [-0.4, -0.2) is 227 Å². The van der Waals surface area contributed by atoms with Gasteiger partial charge in [0.1, 0.15) is 0 Å². The predicted octanol–water partition coefficient (Wildman–Crippen LogP) is -0.632. The smallest absolute Gasteiger partial charge is 0 e. The van der Waals surface area contributed by atoms with E-state index in [1.807, 2.05) is 0 Å². The van der Waals surface area contributed by atoms with Gasteiger partial charge in [0.25, 0.3) is 0 Å². The van der Waals surface area contributed by atoms with Crippen molar-refractivity contribution in [1.82, 2.24) is 0 Å². The van der Waals surface area contributed by atoms with Crippen molar-refractivity contribution in [3.63, 3.8) is 0 Å². The molecule has 26 valence electrons. The standard InChI is InChI=1S/2CH4.5Sr/h2*1H4;;;;;. The van der Waals surface area contributed by atoms with Crippen LogP contribution < -0.4 is 0 Å². The predicted molar refractivity (Wildman–Crippen MR) is 42.2 cm³/mol. The molecule has 0 saturated carbocycles. The number of hydrogen-bond donors (Lipinski definition) is 0. The minimum Gasteiger partial charge on any atom is -0.0776 e. The third kappa shape index (κ3) is 31.8. The second kappa shape index (κ2) is 37.6. The molecular weight excluding hydrogens is 462 g/mol. The summed E-state index contributed by atoms with van der Waals surface area (Å²) >= 11 is 0. The van der Waals surface area contributed by atoms with Crippen molar-refractivity contribution in [3.8, 4) is 0 Å². The van der Waals surface area contributed by atoms with Crippen LogP contribution in [0.1, 0.15) is 14.9 Å². The molecule has 0 heterocycles. The fraction of sp³-hybridized carbons (Fsp3) is 1.00. The molecular formula is C2H8Sr5. The minimum absolute atomic E-state index is 0. The van der Waals surface area contributed by atoms with E-state index in [1.54, 1.807) is 0 Å². The van der Waals surface area contributed by atoms with Crippen LogP contribution in [0.4, 0.5) is 0 Å². The van der Waals surface area contributed by atoms with Gasteiger partial charge in [-0.1, -0.05) is 14.9 Å². The molecule has 0 atom stereocenters. The van der Waals surface area contributed by atoms with Crippen LogP contribution in [0, 0.1) is 0 Å². The van der Waals surface area contributed by atoms with Crippen molar-refractivity contribution in [2.24, 2.45) is 0 Å². The van der Waals surface area contributed by atoms with Gasteiger partial charge in [-0.2, -0.15) is 0 Å². The van der Waals surface area contributed by atoms with E-state index in [1.165, 1.54) is 0 Å². The largest absolute Gasteiger partial charge is 0.0776 e. The van der Waals surface area contributed by atoms with Crippen molar-refractivity contribution in [3.05, 3.63) is 0 Å². The molecule has 0 bridgehead atoms. The Hall–Kier alpha value is 7.40. The third-order valence-electron chi connectivity index (χ3n) is 0. The maximum absolute atomic E-state index is 0. The van der Waals surface area contributed by atoms with Gasteiger partial charge in [0.05, 0.1) is 0 Å². The van der Waals surface area contributed by atoms with Crippen molar-refractivity contribution in [1.29, 1.82) is 0 Å². The summed E-state index contributed by atoms with van der Waals surface area (Å²) < 4.78 is 0. The van der Waals surface area contributed by atoms with Gasteiger partial charge in [0.2, 0.25) is 0 Å². The van der Waals surface area contributed by atoms with Crippen LogP contribution in [0.25, 0.3) is 0 Å². The van der Waals surface area contributed by atoms with Gasteiger partial charge in [-0.05, 0) is 0 Å². The van der Waals surface area contributed by atoms with Crippen molar-refractivity contribution >= 4 is 227 Å². The first-order chi connectivity index (χ1) is 0. The second-order valence-corrected chi connectivity index (χ2v) is 0. The molecule has 0 rings (SSSR count). The van der Waals surface area contributed by atoms with Crippen LogP contribution in [0.15, 0.2) is 0 Å². The molecule has 0 fully saturated rings. The van der Waals surface area contributed by atoms with E-state index in [2.05, 4.69) is 0 Å². The molecule has 0 nitrogen and oxygen atoms in total. The number of rotatable bonds is 0. The van der Waals surface area contributed by atoms with Crippen molar-refractivity contribution in [2.75, 3.05) is 0 Å². The van der Waals surface area contributed by atoms with Gasteiger partial charge in [0.15, 0.2) is 0 Å². The Morgan fingerprint density at radius 1 is 0.286 bits per heavy atom. The molecule has 5 heteroatoms. The molecule has 0 aromatic heterocycles. The van der Waals surface area contributed by atoms with Crippen LogP contribution in [0.2, 0.25) is 0 Å². The zero-order valence-corrected chi connectivity index (χ0v) is 20.9. The summed E-state index contributed by atoms with van der Waals surface area (Å²) in [6, 6.07) is 0. The fourth-order valence-corrected chi connectivity index (χ4v) is 0. The van der Waals surface area contributed by atoms with E-state index in [0.29, 0.717) is 0 Å². The molecule has 0 saturated heterocycles. The minimum atomic E-state index is 0. The fourth-order valence-electron chi connectivity index (χ4n) is 0. The molecule has 0 N–H and O–H groups in total. The molecule has 0 aliphatic heterocycles. The second-order valence-electron chi connectivity index (χ2n) is 0. The zero-order chi connectivity index (χ0) is 0. The van der Waals surface area contributed by atoms with Crippen molar-refractivity contribution in [2.45, 2.75) is 14.9 Å². The SMILES string of the molecule is C.C.[Sr].[Sr].[Sr].[Sr].[Sr]. The first-order valence-corrected chi connectivity index (χ1v) is 0. The van der Waals surface area contributed by atoms with Crippen LogP contribution in [0.3, 0.4) is 0 Å². The Morgan fingerprint density at radius 2 is 0.286 bits per heavy atom. The van der Waals surface area contributed by atoms with E-state index < -0.39 is 0 Å². The maximum atomic E-state index is 0. The molecule has 10 radical (unpaired) electrons. The van der Waals surface area contributed by atoms with Gasteiger partial charge in [-0.25, -0.2) is 0 Å². The van der Waals surface area contributed by atoms with E-state index in [0.717, 1.165) is 0 Å². The molecule has 0 aromatic rings. The summed E-state index contributed by atoms with van der Waals surface area (Å²) in [6.07, 6.45) is 0. The molecule has 0 unspecified atom stereocenters. The van der Waals surface area contributed by atoms with Gasteiger partial charge in [0, 0.05) is 227 Å². The Bertz CT molecular complexity index is 6.04. The van der Waals surface area contributed by atoms with Crippen LogP contribution in [0.5, 0.6) is 0 Å². The summed E-state index contributed by atoms with van der Waals surface area (Å²) in [4.78, 5) is 0. The van der Waals surface area contributed by atoms with E-state index in [-0.39, 0.29) is 242 Å².